The first-order valence-electron chi connectivity index (χ1n) is 4.78. The molecule has 0 radical (unpaired) electrons. The molecule has 0 heterocycles. The van der Waals surface area contributed by atoms with Crippen LogP contribution in [0.1, 0.15) is 27.7 Å². The number of carbonyl (C=O) groups is 1. The van der Waals surface area contributed by atoms with Gasteiger partial charge in [0.05, 0.1) is 0 Å². The Morgan fingerprint density at radius 1 is 1.43 bits per heavy atom. The quantitative estimate of drug-likeness (QED) is 0.509. The molecule has 2 heteroatoms. The highest BCUT2D eigenvalue weighted by Gasteiger charge is 1.94. The lowest BCUT2D eigenvalue weighted by atomic mass is 10.2. The summed E-state index contributed by atoms with van der Waals surface area (Å²) in [6, 6.07) is 0. The van der Waals surface area contributed by atoms with E-state index in [2.05, 4.69) is 6.58 Å². The van der Waals surface area contributed by atoms with Crippen LogP contribution in [0.15, 0.2) is 36.5 Å². The summed E-state index contributed by atoms with van der Waals surface area (Å²) in [5, 5.41) is 0. The van der Waals surface area contributed by atoms with Gasteiger partial charge in [0.15, 0.2) is 0 Å². The standard InChI is InChI=1S/C10H14O2.C2H6/c1-4-6-10(7-5-2)8-12-9(3)11;1-2/h4-7H,1,8H2,2-3H3;1-2H3/b7-5-,10-6+;. The fourth-order valence-corrected chi connectivity index (χ4v) is 0.702. The number of hydrogen-bond acceptors (Lipinski definition) is 2. The van der Waals surface area contributed by atoms with E-state index in [-0.39, 0.29) is 5.97 Å². The molecule has 0 atom stereocenters. The van der Waals surface area contributed by atoms with E-state index in [1.54, 1.807) is 6.08 Å². The van der Waals surface area contributed by atoms with Gasteiger partial charge in [-0.1, -0.05) is 44.7 Å². The van der Waals surface area contributed by atoms with E-state index in [0.717, 1.165) is 5.57 Å². The lowest BCUT2D eigenvalue weighted by Gasteiger charge is -2.01. The molecule has 0 saturated carbocycles. The van der Waals surface area contributed by atoms with Crippen molar-refractivity contribution in [3.63, 3.8) is 0 Å². The van der Waals surface area contributed by atoms with Gasteiger partial charge in [-0.15, -0.1) is 0 Å². The molecule has 0 aliphatic carbocycles. The van der Waals surface area contributed by atoms with Crippen LogP contribution >= 0.6 is 0 Å². The Morgan fingerprint density at radius 2 is 2.00 bits per heavy atom. The van der Waals surface area contributed by atoms with Gasteiger partial charge in [-0.2, -0.15) is 0 Å². The van der Waals surface area contributed by atoms with Crippen molar-refractivity contribution in [2.45, 2.75) is 27.7 Å². The second-order valence-electron chi connectivity index (χ2n) is 2.26. The zero-order chi connectivity index (χ0) is 11.4. The van der Waals surface area contributed by atoms with Crippen LogP contribution in [0.5, 0.6) is 0 Å². The van der Waals surface area contributed by atoms with Gasteiger partial charge in [0.1, 0.15) is 6.61 Å². The van der Waals surface area contributed by atoms with Crippen LogP contribution in [0.2, 0.25) is 0 Å². The van der Waals surface area contributed by atoms with Crippen molar-refractivity contribution in [2.75, 3.05) is 6.61 Å². The molecule has 0 aliphatic heterocycles. The zero-order valence-corrected chi connectivity index (χ0v) is 9.54. The molecule has 0 bridgehead atoms. The predicted molar refractivity (Wildman–Crippen MR) is 61.1 cm³/mol. The van der Waals surface area contributed by atoms with Crippen LogP contribution in [0.3, 0.4) is 0 Å². The normalized spacial score (nSPS) is 10.4. The van der Waals surface area contributed by atoms with Gasteiger partial charge in [0.2, 0.25) is 0 Å². The third-order valence-electron chi connectivity index (χ3n) is 1.15. The number of allylic oxidation sites excluding steroid dienone is 3. The van der Waals surface area contributed by atoms with Crippen molar-refractivity contribution in [1.29, 1.82) is 0 Å². The third kappa shape index (κ3) is 10.7. The van der Waals surface area contributed by atoms with Crippen LogP contribution in [0.4, 0.5) is 0 Å². The minimum atomic E-state index is -0.269. The fraction of sp³-hybridized carbons (Fsp3) is 0.417. The summed E-state index contributed by atoms with van der Waals surface area (Å²) in [6.45, 7) is 11.2. The van der Waals surface area contributed by atoms with E-state index in [1.165, 1.54) is 6.92 Å². The molecule has 0 aliphatic rings. The number of ether oxygens (including phenoxy) is 1. The van der Waals surface area contributed by atoms with Crippen molar-refractivity contribution in [1.82, 2.24) is 0 Å². The Labute approximate surface area is 87.0 Å². The molecule has 0 rings (SSSR count). The van der Waals surface area contributed by atoms with Gasteiger partial charge in [-0.3, -0.25) is 4.79 Å². The average Bonchev–Trinajstić information content (AvgIpc) is 2.18. The summed E-state index contributed by atoms with van der Waals surface area (Å²) in [6.07, 6.45) is 7.24. The van der Waals surface area contributed by atoms with Crippen molar-refractivity contribution in [2.24, 2.45) is 0 Å². The number of rotatable bonds is 4. The molecule has 0 fully saturated rings. The van der Waals surface area contributed by atoms with E-state index in [4.69, 9.17) is 4.74 Å². The Balaban J connectivity index is 0. The van der Waals surface area contributed by atoms with Crippen LogP contribution in [-0.2, 0) is 9.53 Å². The minimum Gasteiger partial charge on any atom is -0.461 e. The number of carbonyl (C=O) groups excluding carboxylic acids is 1. The first-order valence-corrected chi connectivity index (χ1v) is 4.78. The Hall–Kier alpha value is -1.31. The van der Waals surface area contributed by atoms with Crippen molar-refractivity contribution in [3.05, 3.63) is 36.5 Å². The molecule has 0 aromatic rings. The van der Waals surface area contributed by atoms with Crippen LogP contribution < -0.4 is 0 Å². The lowest BCUT2D eigenvalue weighted by molar-refractivity contribution is -0.139. The monoisotopic (exact) mass is 196 g/mol. The van der Waals surface area contributed by atoms with Crippen molar-refractivity contribution >= 4 is 5.97 Å². The minimum absolute atomic E-state index is 0.269. The van der Waals surface area contributed by atoms with Gasteiger partial charge in [0, 0.05) is 6.92 Å². The van der Waals surface area contributed by atoms with Crippen LogP contribution in [0, 0.1) is 0 Å². The largest absolute Gasteiger partial charge is 0.461 e. The highest BCUT2D eigenvalue weighted by Crippen LogP contribution is 1.98. The molecule has 2 nitrogen and oxygen atoms in total. The molecule has 0 saturated heterocycles. The van der Waals surface area contributed by atoms with Crippen LogP contribution in [-0.4, -0.2) is 12.6 Å². The van der Waals surface area contributed by atoms with E-state index in [1.807, 2.05) is 39.0 Å². The maximum Gasteiger partial charge on any atom is 0.302 e. The smallest absolute Gasteiger partial charge is 0.302 e. The van der Waals surface area contributed by atoms with E-state index < -0.39 is 0 Å². The van der Waals surface area contributed by atoms with E-state index in [9.17, 15) is 4.79 Å². The van der Waals surface area contributed by atoms with Crippen LogP contribution in [0.25, 0.3) is 0 Å². The summed E-state index contributed by atoms with van der Waals surface area (Å²) in [7, 11) is 0. The fourth-order valence-electron chi connectivity index (χ4n) is 0.702. The number of hydrogen-bond donors (Lipinski definition) is 0. The molecular weight excluding hydrogens is 176 g/mol. The second-order valence-corrected chi connectivity index (χ2v) is 2.26. The third-order valence-corrected chi connectivity index (χ3v) is 1.15. The van der Waals surface area contributed by atoms with Gasteiger partial charge >= 0.3 is 5.97 Å². The topological polar surface area (TPSA) is 26.3 Å². The maximum absolute atomic E-state index is 10.5. The molecule has 0 aromatic heterocycles. The van der Waals surface area contributed by atoms with E-state index in [0.29, 0.717) is 6.61 Å². The molecule has 0 aromatic carbocycles. The Bertz CT molecular complexity index is 212. The van der Waals surface area contributed by atoms with Gasteiger partial charge < -0.3 is 4.74 Å². The summed E-state index contributed by atoms with van der Waals surface area (Å²) in [5.41, 5.74) is 0.933. The Morgan fingerprint density at radius 3 is 2.36 bits per heavy atom. The highest BCUT2D eigenvalue weighted by atomic mass is 16.5. The molecular formula is C12H20O2. The Kier molecular flexibility index (Phi) is 12.7. The second kappa shape index (κ2) is 11.7. The molecule has 0 spiro atoms. The summed E-state index contributed by atoms with van der Waals surface area (Å²) < 4.78 is 4.80. The lowest BCUT2D eigenvalue weighted by Crippen LogP contribution is -2.01. The summed E-state index contributed by atoms with van der Waals surface area (Å²) in [4.78, 5) is 10.5. The summed E-state index contributed by atoms with van der Waals surface area (Å²) >= 11 is 0. The predicted octanol–water partition coefficient (Wildman–Crippen LogP) is 3.26. The van der Waals surface area contributed by atoms with Gasteiger partial charge in [-0.05, 0) is 12.5 Å². The molecule has 14 heavy (non-hydrogen) atoms. The molecule has 0 N–H and O–H groups in total. The molecule has 0 amide bonds. The number of esters is 1. The molecule has 0 unspecified atom stereocenters. The zero-order valence-electron chi connectivity index (χ0n) is 9.54. The SMILES string of the molecule is C=C/C=C(\C=C/C)COC(C)=O.CC. The van der Waals surface area contributed by atoms with Crippen molar-refractivity contribution < 1.29 is 9.53 Å². The highest BCUT2D eigenvalue weighted by molar-refractivity contribution is 5.66. The average molecular weight is 196 g/mol. The van der Waals surface area contributed by atoms with Gasteiger partial charge in [0.25, 0.3) is 0 Å². The first-order chi connectivity index (χ1) is 6.70. The summed E-state index contributed by atoms with van der Waals surface area (Å²) in [5.74, 6) is -0.269. The maximum atomic E-state index is 10.5. The van der Waals surface area contributed by atoms with Gasteiger partial charge in [-0.25, -0.2) is 0 Å². The first kappa shape index (κ1) is 15.2. The van der Waals surface area contributed by atoms with Crippen molar-refractivity contribution in [3.8, 4) is 0 Å². The van der Waals surface area contributed by atoms with E-state index >= 15 is 0 Å². The molecule has 80 valence electrons.